The molecule has 1 aliphatic carbocycles. The Labute approximate surface area is 111 Å². The summed E-state index contributed by atoms with van der Waals surface area (Å²) in [6.45, 7) is 2.03. The fourth-order valence-electron chi connectivity index (χ4n) is 2.62. The first-order valence-electron chi connectivity index (χ1n) is 6.45. The Kier molecular flexibility index (Phi) is 4.98. The number of alkyl halides is 1. The van der Waals surface area contributed by atoms with Gasteiger partial charge < -0.3 is 0 Å². The normalized spacial score (nSPS) is 17.8. The lowest BCUT2D eigenvalue weighted by Gasteiger charge is -2.33. The van der Waals surface area contributed by atoms with Crippen molar-refractivity contribution in [3.63, 3.8) is 0 Å². The van der Waals surface area contributed by atoms with E-state index in [0.29, 0.717) is 0 Å². The van der Waals surface area contributed by atoms with E-state index in [-0.39, 0.29) is 0 Å². The highest BCUT2D eigenvalue weighted by molar-refractivity contribution is 9.09. The van der Waals surface area contributed by atoms with Crippen molar-refractivity contribution in [1.82, 2.24) is 19.9 Å². The maximum absolute atomic E-state index is 4.19. The summed E-state index contributed by atoms with van der Waals surface area (Å²) in [6.07, 6.45) is 8.86. The zero-order valence-electron chi connectivity index (χ0n) is 10.5. The molecule has 1 fully saturated rings. The molecule has 0 radical (unpaired) electrons. The van der Waals surface area contributed by atoms with Gasteiger partial charge in [0.2, 0.25) is 0 Å². The third-order valence-corrected chi connectivity index (χ3v) is 3.83. The Morgan fingerprint density at radius 2 is 2.18 bits per heavy atom. The molecule has 0 amide bonds. The van der Waals surface area contributed by atoms with Crippen molar-refractivity contribution in [2.75, 3.05) is 11.9 Å². The van der Waals surface area contributed by atoms with Gasteiger partial charge in [-0.25, -0.2) is 0 Å². The van der Waals surface area contributed by atoms with Gasteiger partial charge in [0.05, 0.1) is 5.69 Å². The monoisotopic (exact) mass is 300 g/mol. The smallest absolute Gasteiger partial charge is 0.0967 e. The Bertz CT molecular complexity index is 333. The molecular formula is C12H21BrN4. The van der Waals surface area contributed by atoms with Gasteiger partial charge in [-0.05, 0) is 12.8 Å². The number of halogens is 1. The molecule has 1 aliphatic rings. The molecule has 96 valence electrons. The molecule has 4 nitrogen and oxygen atoms in total. The van der Waals surface area contributed by atoms with Gasteiger partial charge in [-0.15, -0.1) is 5.10 Å². The molecule has 0 unspecified atom stereocenters. The van der Waals surface area contributed by atoms with Crippen LogP contribution >= 0.6 is 15.9 Å². The van der Waals surface area contributed by atoms with Crippen LogP contribution in [0.25, 0.3) is 0 Å². The van der Waals surface area contributed by atoms with Crippen molar-refractivity contribution in [3.05, 3.63) is 11.9 Å². The largest absolute Gasteiger partial charge is 0.294 e. The molecule has 1 aromatic rings. The maximum atomic E-state index is 4.19. The van der Waals surface area contributed by atoms with Crippen molar-refractivity contribution in [3.8, 4) is 0 Å². The van der Waals surface area contributed by atoms with Crippen molar-refractivity contribution < 1.29 is 0 Å². The van der Waals surface area contributed by atoms with E-state index in [0.717, 1.165) is 30.2 Å². The molecule has 0 aliphatic heterocycles. The summed E-state index contributed by atoms with van der Waals surface area (Å²) in [7, 11) is 1.92. The zero-order chi connectivity index (χ0) is 12.1. The maximum Gasteiger partial charge on any atom is 0.0967 e. The second-order valence-electron chi connectivity index (χ2n) is 4.83. The molecule has 0 saturated heterocycles. The van der Waals surface area contributed by atoms with Crippen LogP contribution in [-0.4, -0.2) is 37.8 Å². The lowest BCUT2D eigenvalue weighted by molar-refractivity contribution is 0.156. The first-order chi connectivity index (χ1) is 8.29. The van der Waals surface area contributed by atoms with Crippen LogP contribution in [0.4, 0.5) is 0 Å². The van der Waals surface area contributed by atoms with Crippen LogP contribution in [0, 0.1) is 0 Å². The van der Waals surface area contributed by atoms with E-state index in [1.54, 1.807) is 4.68 Å². The average Bonchev–Trinajstić information content (AvgIpc) is 2.75. The predicted molar refractivity (Wildman–Crippen MR) is 72.1 cm³/mol. The van der Waals surface area contributed by atoms with Crippen LogP contribution < -0.4 is 0 Å². The molecule has 1 aromatic heterocycles. The highest BCUT2D eigenvalue weighted by atomic mass is 79.9. The van der Waals surface area contributed by atoms with E-state index in [9.17, 15) is 0 Å². The van der Waals surface area contributed by atoms with Gasteiger partial charge in [0.25, 0.3) is 0 Å². The fourth-order valence-corrected chi connectivity index (χ4v) is 3.08. The Balaban J connectivity index is 1.95. The number of hydrogen-bond donors (Lipinski definition) is 0. The first-order valence-corrected chi connectivity index (χ1v) is 7.57. The van der Waals surface area contributed by atoms with Crippen LogP contribution in [0.1, 0.15) is 37.8 Å². The minimum atomic E-state index is 0.739. The molecular weight excluding hydrogens is 280 g/mol. The molecule has 17 heavy (non-hydrogen) atoms. The summed E-state index contributed by atoms with van der Waals surface area (Å²) in [4.78, 5) is 2.55. The Morgan fingerprint density at radius 1 is 1.41 bits per heavy atom. The minimum absolute atomic E-state index is 0.739. The SMILES string of the molecule is Cn1cc(CN(CCBr)C2CCCCC2)nn1. The zero-order valence-corrected chi connectivity index (χ0v) is 12.1. The van der Waals surface area contributed by atoms with Gasteiger partial charge in [-0.2, -0.15) is 0 Å². The van der Waals surface area contributed by atoms with E-state index in [1.165, 1.54) is 32.1 Å². The fraction of sp³-hybridized carbons (Fsp3) is 0.833. The van der Waals surface area contributed by atoms with E-state index in [4.69, 9.17) is 0 Å². The van der Waals surface area contributed by atoms with Crippen molar-refractivity contribution in [2.45, 2.75) is 44.7 Å². The van der Waals surface area contributed by atoms with Gasteiger partial charge in [-0.3, -0.25) is 9.58 Å². The van der Waals surface area contributed by atoms with Crippen molar-refractivity contribution in [2.24, 2.45) is 7.05 Å². The summed E-state index contributed by atoms with van der Waals surface area (Å²) in [6, 6.07) is 0.739. The molecule has 0 N–H and O–H groups in total. The topological polar surface area (TPSA) is 34.0 Å². The predicted octanol–water partition coefficient (Wildman–Crippen LogP) is 2.34. The van der Waals surface area contributed by atoms with Gasteiger partial charge >= 0.3 is 0 Å². The van der Waals surface area contributed by atoms with Crippen LogP contribution in [-0.2, 0) is 13.6 Å². The third kappa shape index (κ3) is 3.78. The molecule has 0 atom stereocenters. The standard InChI is InChI=1S/C12H21BrN4/c1-16-9-11(14-15-16)10-17(8-7-13)12-5-3-2-4-6-12/h9,12H,2-8,10H2,1H3. The minimum Gasteiger partial charge on any atom is -0.294 e. The molecule has 1 saturated carbocycles. The summed E-state index contributed by atoms with van der Waals surface area (Å²) in [5, 5.41) is 9.22. The molecule has 5 heteroatoms. The van der Waals surface area contributed by atoms with Gasteiger partial charge in [-0.1, -0.05) is 40.4 Å². The summed E-state index contributed by atoms with van der Waals surface area (Å²) in [5.74, 6) is 0. The first kappa shape index (κ1) is 13.0. The highest BCUT2D eigenvalue weighted by Crippen LogP contribution is 2.23. The number of nitrogens with zero attached hydrogens (tertiary/aromatic N) is 4. The molecule has 0 bridgehead atoms. The molecule has 1 heterocycles. The van der Waals surface area contributed by atoms with Gasteiger partial charge in [0, 0.05) is 37.7 Å². The number of hydrogen-bond acceptors (Lipinski definition) is 3. The Hall–Kier alpha value is -0.420. The summed E-state index contributed by atoms with van der Waals surface area (Å²) in [5.41, 5.74) is 1.08. The Morgan fingerprint density at radius 3 is 2.76 bits per heavy atom. The van der Waals surface area contributed by atoms with Gasteiger partial charge in [0.1, 0.15) is 0 Å². The van der Waals surface area contributed by atoms with E-state index >= 15 is 0 Å². The third-order valence-electron chi connectivity index (χ3n) is 3.48. The molecule has 0 aromatic carbocycles. The second-order valence-corrected chi connectivity index (χ2v) is 5.63. The number of aryl methyl sites for hydroxylation is 1. The van der Waals surface area contributed by atoms with Crippen molar-refractivity contribution >= 4 is 15.9 Å². The number of aromatic nitrogens is 3. The quantitative estimate of drug-likeness (QED) is 0.783. The summed E-state index contributed by atoms with van der Waals surface area (Å²) >= 11 is 3.55. The number of rotatable bonds is 5. The van der Waals surface area contributed by atoms with Gasteiger partial charge in [0.15, 0.2) is 0 Å². The van der Waals surface area contributed by atoms with E-state index in [1.807, 2.05) is 13.2 Å². The molecule has 0 spiro atoms. The second kappa shape index (κ2) is 6.50. The summed E-state index contributed by atoms with van der Waals surface area (Å²) < 4.78 is 1.78. The van der Waals surface area contributed by atoms with Crippen LogP contribution in [0.5, 0.6) is 0 Å². The lowest BCUT2D eigenvalue weighted by atomic mass is 9.94. The highest BCUT2D eigenvalue weighted by Gasteiger charge is 2.21. The van der Waals surface area contributed by atoms with Crippen molar-refractivity contribution in [1.29, 1.82) is 0 Å². The van der Waals surface area contributed by atoms with E-state index < -0.39 is 0 Å². The van der Waals surface area contributed by atoms with Crippen LogP contribution in [0.15, 0.2) is 6.20 Å². The molecule has 2 rings (SSSR count). The average molecular weight is 301 g/mol. The lowest BCUT2D eigenvalue weighted by Crippen LogP contribution is -2.37. The van der Waals surface area contributed by atoms with E-state index in [2.05, 4.69) is 31.1 Å². The van der Waals surface area contributed by atoms with Crippen LogP contribution in [0.3, 0.4) is 0 Å². The van der Waals surface area contributed by atoms with Crippen LogP contribution in [0.2, 0.25) is 0 Å².